The summed E-state index contributed by atoms with van der Waals surface area (Å²) in [7, 11) is 1.74. The van der Waals surface area contributed by atoms with Crippen LogP contribution in [-0.2, 0) is 13.2 Å². The van der Waals surface area contributed by atoms with E-state index in [9.17, 15) is 18.0 Å². The Kier molecular flexibility index (Phi) is 4.47. The van der Waals surface area contributed by atoms with Gasteiger partial charge in [0.15, 0.2) is 4.80 Å². The van der Waals surface area contributed by atoms with Crippen LogP contribution in [-0.4, -0.2) is 10.5 Å². The SMILES string of the molecule is Cc1ccc(Cl)c2sc(=NC(=O)c3cccc(C(F)(F)F)c3)n(C)c12. The average molecular weight is 385 g/mol. The second-order valence-corrected chi connectivity index (χ2v) is 6.87. The van der Waals surface area contributed by atoms with E-state index in [0.717, 1.165) is 27.9 Å². The number of amides is 1. The summed E-state index contributed by atoms with van der Waals surface area (Å²) in [5, 5.41) is 0.536. The van der Waals surface area contributed by atoms with Crippen LogP contribution in [0.5, 0.6) is 0 Å². The number of halogens is 4. The first-order valence-electron chi connectivity index (χ1n) is 7.19. The topological polar surface area (TPSA) is 34.4 Å². The zero-order valence-corrected chi connectivity index (χ0v) is 14.8. The average Bonchev–Trinajstić information content (AvgIpc) is 2.88. The van der Waals surface area contributed by atoms with Gasteiger partial charge in [-0.2, -0.15) is 18.2 Å². The lowest BCUT2D eigenvalue weighted by molar-refractivity contribution is -0.137. The van der Waals surface area contributed by atoms with Crippen LogP contribution >= 0.6 is 22.9 Å². The molecule has 0 atom stereocenters. The second-order valence-electron chi connectivity index (χ2n) is 5.48. The number of carbonyl (C=O) groups excluding carboxylic acids is 1. The molecule has 0 radical (unpaired) electrons. The van der Waals surface area contributed by atoms with Crippen molar-refractivity contribution in [1.82, 2.24) is 4.57 Å². The van der Waals surface area contributed by atoms with Gasteiger partial charge < -0.3 is 4.57 Å². The van der Waals surface area contributed by atoms with Gasteiger partial charge in [0.05, 0.1) is 20.8 Å². The third-order valence-corrected chi connectivity index (χ3v) is 5.33. The molecular weight excluding hydrogens is 373 g/mol. The Labute approximate surface area is 150 Å². The highest BCUT2D eigenvalue weighted by Gasteiger charge is 2.30. The van der Waals surface area contributed by atoms with E-state index in [0.29, 0.717) is 9.82 Å². The van der Waals surface area contributed by atoms with E-state index in [2.05, 4.69) is 4.99 Å². The van der Waals surface area contributed by atoms with Crippen molar-refractivity contribution >= 4 is 39.1 Å². The Morgan fingerprint density at radius 2 is 1.96 bits per heavy atom. The lowest BCUT2D eigenvalue weighted by Gasteiger charge is -2.06. The first-order chi connectivity index (χ1) is 11.7. The molecule has 1 aromatic heterocycles. The summed E-state index contributed by atoms with van der Waals surface area (Å²) in [5.41, 5.74) is 0.808. The molecule has 0 bridgehead atoms. The van der Waals surface area contributed by atoms with Gasteiger partial charge in [0.2, 0.25) is 0 Å². The molecule has 0 N–H and O–H groups in total. The predicted octanol–water partition coefficient (Wildman–Crippen LogP) is 4.96. The van der Waals surface area contributed by atoms with E-state index in [4.69, 9.17) is 11.6 Å². The lowest BCUT2D eigenvalue weighted by atomic mass is 10.1. The van der Waals surface area contributed by atoms with Gasteiger partial charge in [-0.3, -0.25) is 4.79 Å². The van der Waals surface area contributed by atoms with Crippen LogP contribution in [0, 0.1) is 6.92 Å². The highest BCUT2D eigenvalue weighted by Crippen LogP contribution is 2.30. The maximum absolute atomic E-state index is 12.8. The zero-order valence-electron chi connectivity index (χ0n) is 13.2. The van der Waals surface area contributed by atoms with Crippen molar-refractivity contribution < 1.29 is 18.0 Å². The highest BCUT2D eigenvalue weighted by atomic mass is 35.5. The highest BCUT2D eigenvalue weighted by molar-refractivity contribution is 7.17. The number of benzene rings is 2. The molecule has 3 aromatic rings. The molecule has 0 aliphatic carbocycles. The number of alkyl halides is 3. The minimum atomic E-state index is -4.51. The summed E-state index contributed by atoms with van der Waals surface area (Å²) in [6.07, 6.45) is -4.51. The molecular formula is C17H12ClF3N2OS. The molecule has 1 heterocycles. The number of aryl methyl sites for hydroxylation is 2. The van der Waals surface area contributed by atoms with Crippen LogP contribution < -0.4 is 4.80 Å². The molecule has 1 amide bonds. The fourth-order valence-corrected chi connectivity index (χ4v) is 3.86. The van der Waals surface area contributed by atoms with Gasteiger partial charge in [-0.1, -0.05) is 35.1 Å². The van der Waals surface area contributed by atoms with Crippen LogP contribution in [0.1, 0.15) is 21.5 Å². The number of rotatable bonds is 1. The molecule has 3 rings (SSSR count). The summed E-state index contributed by atoms with van der Waals surface area (Å²) in [6, 6.07) is 7.84. The van der Waals surface area contributed by atoms with Crippen LogP contribution in [0.3, 0.4) is 0 Å². The van der Waals surface area contributed by atoms with Crippen molar-refractivity contribution in [3.8, 4) is 0 Å². The van der Waals surface area contributed by atoms with Crippen molar-refractivity contribution in [2.75, 3.05) is 0 Å². The Balaban J connectivity index is 2.12. The number of fused-ring (bicyclic) bond motifs is 1. The van der Waals surface area contributed by atoms with E-state index in [1.807, 2.05) is 13.0 Å². The fraction of sp³-hybridized carbons (Fsp3) is 0.176. The fourth-order valence-electron chi connectivity index (χ4n) is 2.49. The maximum atomic E-state index is 12.8. The summed E-state index contributed by atoms with van der Waals surface area (Å²) in [6.45, 7) is 1.91. The summed E-state index contributed by atoms with van der Waals surface area (Å²) in [5.74, 6) is -0.734. The van der Waals surface area contributed by atoms with Crippen molar-refractivity contribution in [2.24, 2.45) is 12.0 Å². The van der Waals surface area contributed by atoms with Crippen molar-refractivity contribution in [3.05, 3.63) is 62.9 Å². The van der Waals surface area contributed by atoms with E-state index in [1.54, 1.807) is 17.7 Å². The minimum Gasteiger partial charge on any atom is -0.319 e. The standard InChI is InChI=1S/C17H12ClF3N2OS/c1-9-6-7-12(18)14-13(9)23(2)16(25-14)22-15(24)10-4-3-5-11(8-10)17(19,20)21/h3-8H,1-2H3. The van der Waals surface area contributed by atoms with Gasteiger partial charge in [0.1, 0.15) is 0 Å². The van der Waals surface area contributed by atoms with E-state index >= 15 is 0 Å². The Morgan fingerprint density at radius 3 is 2.60 bits per heavy atom. The second kappa shape index (κ2) is 6.31. The van der Waals surface area contributed by atoms with Crippen LogP contribution in [0.25, 0.3) is 10.2 Å². The molecule has 2 aromatic carbocycles. The van der Waals surface area contributed by atoms with Crippen LogP contribution in [0.15, 0.2) is 41.4 Å². The molecule has 3 nitrogen and oxygen atoms in total. The van der Waals surface area contributed by atoms with E-state index in [-0.39, 0.29) is 5.56 Å². The Hall–Kier alpha value is -2.12. The molecule has 0 aliphatic heterocycles. The quantitative estimate of drug-likeness (QED) is 0.583. The number of carbonyl (C=O) groups is 1. The first kappa shape index (κ1) is 17.7. The zero-order chi connectivity index (χ0) is 18.4. The summed E-state index contributed by atoms with van der Waals surface area (Å²) >= 11 is 7.40. The molecule has 130 valence electrons. The summed E-state index contributed by atoms with van der Waals surface area (Å²) in [4.78, 5) is 16.7. The van der Waals surface area contributed by atoms with Gasteiger partial charge in [-0.05, 0) is 36.8 Å². The molecule has 0 fully saturated rings. The van der Waals surface area contributed by atoms with Gasteiger partial charge in [0, 0.05) is 12.6 Å². The normalized spacial score (nSPS) is 12.8. The summed E-state index contributed by atoms with van der Waals surface area (Å²) < 4.78 is 40.9. The first-order valence-corrected chi connectivity index (χ1v) is 8.39. The van der Waals surface area contributed by atoms with Crippen molar-refractivity contribution in [3.63, 3.8) is 0 Å². The third kappa shape index (κ3) is 3.34. The number of aromatic nitrogens is 1. The molecule has 0 aliphatic rings. The van der Waals surface area contributed by atoms with Crippen LogP contribution in [0.4, 0.5) is 13.2 Å². The lowest BCUT2D eigenvalue weighted by Crippen LogP contribution is -2.14. The van der Waals surface area contributed by atoms with E-state index < -0.39 is 17.6 Å². The Morgan fingerprint density at radius 1 is 1.24 bits per heavy atom. The van der Waals surface area contributed by atoms with Gasteiger partial charge >= 0.3 is 6.18 Å². The van der Waals surface area contributed by atoms with Crippen molar-refractivity contribution in [1.29, 1.82) is 0 Å². The molecule has 0 saturated heterocycles. The van der Waals surface area contributed by atoms with Gasteiger partial charge in [0.25, 0.3) is 5.91 Å². The third-order valence-electron chi connectivity index (χ3n) is 3.73. The van der Waals surface area contributed by atoms with Gasteiger partial charge in [-0.25, -0.2) is 0 Å². The predicted molar refractivity (Wildman–Crippen MR) is 91.9 cm³/mol. The van der Waals surface area contributed by atoms with Gasteiger partial charge in [-0.15, -0.1) is 0 Å². The molecule has 0 saturated carbocycles. The molecule has 25 heavy (non-hydrogen) atoms. The molecule has 8 heteroatoms. The number of hydrogen-bond acceptors (Lipinski definition) is 2. The number of hydrogen-bond donors (Lipinski definition) is 0. The largest absolute Gasteiger partial charge is 0.416 e. The smallest absolute Gasteiger partial charge is 0.319 e. The van der Waals surface area contributed by atoms with E-state index in [1.165, 1.54) is 23.5 Å². The maximum Gasteiger partial charge on any atom is 0.416 e. The van der Waals surface area contributed by atoms with Crippen LogP contribution in [0.2, 0.25) is 5.02 Å². The number of thiazole rings is 1. The minimum absolute atomic E-state index is 0.116. The monoisotopic (exact) mass is 384 g/mol. The molecule has 0 unspecified atom stereocenters. The number of nitrogens with zero attached hydrogens (tertiary/aromatic N) is 2. The van der Waals surface area contributed by atoms with Crippen molar-refractivity contribution in [2.45, 2.75) is 13.1 Å². The molecule has 0 spiro atoms. The Bertz CT molecular complexity index is 1050.